The number of H-pyrrole nitrogens is 1. The highest BCUT2D eigenvalue weighted by Crippen LogP contribution is 2.34. The lowest BCUT2D eigenvalue weighted by Crippen LogP contribution is -2.36. The van der Waals surface area contributed by atoms with Gasteiger partial charge in [0, 0.05) is 20.6 Å². The number of benzene rings is 3. The predicted octanol–water partition coefficient (Wildman–Crippen LogP) is 4.67. The van der Waals surface area contributed by atoms with Crippen LogP contribution in [-0.2, 0) is 0 Å². The van der Waals surface area contributed by atoms with Gasteiger partial charge in [0.05, 0.1) is 28.6 Å². The van der Waals surface area contributed by atoms with Crippen molar-refractivity contribution in [3.63, 3.8) is 0 Å². The molecule has 0 atom stereocenters. The van der Waals surface area contributed by atoms with Gasteiger partial charge < -0.3 is 0 Å². The van der Waals surface area contributed by atoms with Gasteiger partial charge in [0.25, 0.3) is 17.4 Å². The normalized spacial score (nSPS) is 13.5. The number of hydrazone groups is 1. The highest BCUT2D eigenvalue weighted by molar-refractivity contribution is 9.10. The molecule has 0 saturated carbocycles. The van der Waals surface area contributed by atoms with E-state index in [-0.39, 0.29) is 11.1 Å². The van der Waals surface area contributed by atoms with Crippen molar-refractivity contribution >= 4 is 56.3 Å². The van der Waals surface area contributed by atoms with Crippen LogP contribution in [0.1, 0.15) is 32.0 Å². The Bertz CT molecular complexity index is 1500. The monoisotopic (exact) mass is 508 g/mol. The standard InChI is InChI=1S/C23H14BrClN4O3/c1-12-18(23(32)28(27-12)14-7-5-13(25)6-8-14)11-26-29-21(30)16-4-2-3-15-19(24)10-9-17(20(15)16)22(29)31/h2-11,27H,1H3/b26-11+. The molecular formula is C23H14BrClN4O3. The van der Waals surface area contributed by atoms with Crippen LogP contribution in [0, 0.1) is 6.92 Å². The van der Waals surface area contributed by atoms with Gasteiger partial charge >= 0.3 is 0 Å². The first kappa shape index (κ1) is 20.4. The Hall–Kier alpha value is -3.49. The molecule has 0 bridgehead atoms. The molecule has 5 rings (SSSR count). The van der Waals surface area contributed by atoms with Gasteiger partial charge in [0.15, 0.2) is 0 Å². The maximum Gasteiger partial charge on any atom is 0.282 e. The number of amides is 2. The highest BCUT2D eigenvalue weighted by Gasteiger charge is 2.33. The minimum atomic E-state index is -0.548. The largest absolute Gasteiger partial charge is 0.295 e. The number of halogens is 2. The fourth-order valence-corrected chi connectivity index (χ4v) is 4.34. The van der Waals surface area contributed by atoms with E-state index in [1.807, 2.05) is 6.07 Å². The zero-order chi connectivity index (χ0) is 22.6. The third-order valence-electron chi connectivity index (χ3n) is 5.34. The maximum atomic E-state index is 13.0. The number of rotatable bonds is 3. The summed E-state index contributed by atoms with van der Waals surface area (Å²) in [5, 5.41) is 9.79. The van der Waals surface area contributed by atoms with Crippen molar-refractivity contribution in [2.24, 2.45) is 5.10 Å². The highest BCUT2D eigenvalue weighted by atomic mass is 79.9. The summed E-state index contributed by atoms with van der Waals surface area (Å²) in [6, 6.07) is 15.4. The van der Waals surface area contributed by atoms with E-state index in [1.165, 1.54) is 10.9 Å². The first-order valence-electron chi connectivity index (χ1n) is 9.58. The Kier molecular flexibility index (Phi) is 4.83. The molecule has 0 fully saturated rings. The molecule has 9 heteroatoms. The number of carbonyl (C=O) groups excluding carboxylic acids is 2. The zero-order valence-corrected chi connectivity index (χ0v) is 18.9. The van der Waals surface area contributed by atoms with Crippen molar-refractivity contribution in [1.82, 2.24) is 14.8 Å². The summed E-state index contributed by atoms with van der Waals surface area (Å²) in [6.07, 6.45) is 1.24. The quantitative estimate of drug-likeness (QED) is 0.321. The molecule has 3 aromatic carbocycles. The minimum Gasteiger partial charge on any atom is -0.295 e. The van der Waals surface area contributed by atoms with Crippen LogP contribution in [-0.4, -0.2) is 32.8 Å². The fourth-order valence-electron chi connectivity index (χ4n) is 3.75. The number of carbonyl (C=O) groups is 2. The molecular weight excluding hydrogens is 496 g/mol. The number of aromatic nitrogens is 2. The van der Waals surface area contributed by atoms with E-state index in [9.17, 15) is 14.4 Å². The van der Waals surface area contributed by atoms with Gasteiger partial charge in [-0.2, -0.15) is 10.1 Å². The number of hydrogen-bond acceptors (Lipinski definition) is 4. The van der Waals surface area contributed by atoms with Gasteiger partial charge in [-0.15, -0.1) is 0 Å². The summed E-state index contributed by atoms with van der Waals surface area (Å²) >= 11 is 9.38. The lowest BCUT2D eigenvalue weighted by atomic mass is 9.95. The molecule has 0 radical (unpaired) electrons. The summed E-state index contributed by atoms with van der Waals surface area (Å²) in [7, 11) is 0. The third kappa shape index (κ3) is 3.11. The molecule has 158 valence electrons. The molecule has 1 aromatic heterocycles. The number of nitrogens with zero attached hydrogens (tertiary/aromatic N) is 3. The Balaban J connectivity index is 1.55. The van der Waals surface area contributed by atoms with Crippen molar-refractivity contribution in [2.45, 2.75) is 6.92 Å². The third-order valence-corrected chi connectivity index (χ3v) is 6.28. The Labute approximate surface area is 195 Å². The number of hydrogen-bond donors (Lipinski definition) is 1. The number of imide groups is 1. The molecule has 1 aliphatic heterocycles. The van der Waals surface area contributed by atoms with E-state index >= 15 is 0 Å². The molecule has 2 amide bonds. The van der Waals surface area contributed by atoms with Gasteiger partial charge in [-0.05, 0) is 54.8 Å². The van der Waals surface area contributed by atoms with Crippen LogP contribution in [0.2, 0.25) is 5.02 Å². The molecule has 2 heterocycles. The molecule has 7 nitrogen and oxygen atoms in total. The Morgan fingerprint density at radius 1 is 0.969 bits per heavy atom. The Morgan fingerprint density at radius 3 is 2.38 bits per heavy atom. The summed E-state index contributed by atoms with van der Waals surface area (Å²) in [5.41, 5.74) is 1.76. The first-order chi connectivity index (χ1) is 15.4. The Morgan fingerprint density at radius 2 is 1.66 bits per heavy atom. The zero-order valence-electron chi connectivity index (χ0n) is 16.6. The molecule has 4 aromatic rings. The molecule has 0 spiro atoms. The summed E-state index contributed by atoms with van der Waals surface area (Å²) in [5.74, 6) is -1.10. The van der Waals surface area contributed by atoms with Crippen LogP contribution in [0.3, 0.4) is 0 Å². The van der Waals surface area contributed by atoms with E-state index in [2.05, 4.69) is 26.1 Å². The number of aryl methyl sites for hydroxylation is 1. The predicted molar refractivity (Wildman–Crippen MR) is 126 cm³/mol. The smallest absolute Gasteiger partial charge is 0.282 e. The molecule has 0 aliphatic carbocycles. The van der Waals surface area contributed by atoms with E-state index < -0.39 is 11.8 Å². The summed E-state index contributed by atoms with van der Waals surface area (Å²) in [4.78, 5) is 39.0. The fraction of sp³-hybridized carbons (Fsp3) is 0.0435. The second-order valence-corrected chi connectivity index (χ2v) is 8.55. The van der Waals surface area contributed by atoms with Crippen molar-refractivity contribution in [1.29, 1.82) is 0 Å². The molecule has 0 saturated heterocycles. The maximum absolute atomic E-state index is 13.0. The average molecular weight is 510 g/mol. The van der Waals surface area contributed by atoms with E-state index in [0.717, 1.165) is 14.9 Å². The molecule has 1 aliphatic rings. The lowest BCUT2D eigenvalue weighted by molar-refractivity contribution is 0.0616. The van der Waals surface area contributed by atoms with Crippen LogP contribution in [0.5, 0.6) is 0 Å². The first-order valence-corrected chi connectivity index (χ1v) is 10.8. The molecule has 1 N–H and O–H groups in total. The van der Waals surface area contributed by atoms with Gasteiger partial charge in [0.1, 0.15) is 0 Å². The van der Waals surface area contributed by atoms with Gasteiger partial charge in [0.2, 0.25) is 0 Å². The minimum absolute atomic E-state index is 0.236. The van der Waals surface area contributed by atoms with Gasteiger partial charge in [-0.25, -0.2) is 4.68 Å². The van der Waals surface area contributed by atoms with Crippen molar-refractivity contribution in [3.05, 3.63) is 96.8 Å². The lowest BCUT2D eigenvalue weighted by Gasteiger charge is -2.23. The number of aromatic amines is 1. The van der Waals surface area contributed by atoms with Crippen LogP contribution in [0.15, 0.2) is 69.0 Å². The van der Waals surface area contributed by atoms with E-state index in [4.69, 9.17) is 11.6 Å². The van der Waals surface area contributed by atoms with Crippen molar-refractivity contribution < 1.29 is 9.59 Å². The SMILES string of the molecule is Cc1[nH]n(-c2ccc(Cl)cc2)c(=O)c1/C=N/N1C(=O)c2cccc3c(Br)ccc(c23)C1=O. The summed E-state index contributed by atoms with van der Waals surface area (Å²) in [6.45, 7) is 1.71. The van der Waals surface area contributed by atoms with Crippen molar-refractivity contribution in [3.8, 4) is 5.69 Å². The van der Waals surface area contributed by atoms with Crippen LogP contribution < -0.4 is 5.56 Å². The summed E-state index contributed by atoms with van der Waals surface area (Å²) < 4.78 is 2.14. The van der Waals surface area contributed by atoms with Crippen molar-refractivity contribution in [2.75, 3.05) is 0 Å². The molecule has 0 unspecified atom stereocenters. The van der Waals surface area contributed by atoms with Gasteiger partial charge in [-0.1, -0.05) is 39.7 Å². The topological polar surface area (TPSA) is 87.5 Å². The van der Waals surface area contributed by atoms with Gasteiger partial charge in [-0.3, -0.25) is 19.5 Å². The van der Waals surface area contributed by atoms with Crippen LogP contribution in [0.25, 0.3) is 16.5 Å². The average Bonchev–Trinajstić information content (AvgIpc) is 3.07. The molecule has 32 heavy (non-hydrogen) atoms. The number of nitrogens with one attached hydrogen (secondary N) is 1. The second kappa shape index (κ2) is 7.58. The van der Waals surface area contributed by atoms with E-state index in [0.29, 0.717) is 32.9 Å². The van der Waals surface area contributed by atoms with Crippen LogP contribution in [0.4, 0.5) is 0 Å². The van der Waals surface area contributed by atoms with E-state index in [1.54, 1.807) is 55.5 Å². The second-order valence-electron chi connectivity index (χ2n) is 7.26. The van der Waals surface area contributed by atoms with Crippen LogP contribution >= 0.6 is 27.5 Å².